The maximum Gasteiger partial charge on any atom is 0.335 e. The molecule has 1 aromatic carbocycles. The van der Waals surface area contributed by atoms with E-state index in [-0.39, 0.29) is 11.4 Å². The van der Waals surface area contributed by atoms with E-state index in [1.54, 1.807) is 12.1 Å². The molecule has 0 saturated heterocycles. The van der Waals surface area contributed by atoms with E-state index in [0.29, 0.717) is 11.3 Å². The number of carboxylic acids is 1. The van der Waals surface area contributed by atoms with Crippen LogP contribution in [0.3, 0.4) is 0 Å². The smallest absolute Gasteiger partial charge is 0.335 e. The molecule has 0 atom stereocenters. The van der Waals surface area contributed by atoms with Crippen molar-refractivity contribution in [3.8, 4) is 17.7 Å². The van der Waals surface area contributed by atoms with Gasteiger partial charge < -0.3 is 9.84 Å². The molecule has 2 rings (SSSR count). The van der Waals surface area contributed by atoms with Crippen molar-refractivity contribution in [1.82, 2.24) is 4.98 Å². The Labute approximate surface area is 103 Å². The summed E-state index contributed by atoms with van der Waals surface area (Å²) in [6.45, 7) is 0. The van der Waals surface area contributed by atoms with Crippen LogP contribution >= 0.6 is 0 Å². The van der Waals surface area contributed by atoms with Crippen molar-refractivity contribution >= 4 is 5.97 Å². The van der Waals surface area contributed by atoms with Crippen molar-refractivity contribution in [2.75, 3.05) is 0 Å². The minimum atomic E-state index is -1.00. The third-order valence-electron chi connectivity index (χ3n) is 2.21. The van der Waals surface area contributed by atoms with Gasteiger partial charge in [-0.3, -0.25) is 0 Å². The van der Waals surface area contributed by atoms with E-state index in [9.17, 15) is 4.79 Å². The maximum absolute atomic E-state index is 10.7. The SMILES string of the molecule is N#Cc1cccnc1Oc1ccc(C(=O)O)cc1. The zero-order valence-corrected chi connectivity index (χ0v) is 9.20. The highest BCUT2D eigenvalue weighted by Gasteiger charge is 2.06. The summed E-state index contributed by atoms with van der Waals surface area (Å²) in [5, 5.41) is 17.6. The lowest BCUT2D eigenvalue weighted by Gasteiger charge is -2.05. The first-order chi connectivity index (χ1) is 8.70. The predicted octanol–water partition coefficient (Wildman–Crippen LogP) is 2.44. The number of carbonyl (C=O) groups is 1. The lowest BCUT2D eigenvalue weighted by Crippen LogP contribution is -1.96. The summed E-state index contributed by atoms with van der Waals surface area (Å²) in [6, 6.07) is 11.1. The molecule has 2 aromatic rings. The minimum Gasteiger partial charge on any atom is -0.478 e. The molecular formula is C13H8N2O3. The van der Waals surface area contributed by atoms with Crippen LogP contribution in [-0.4, -0.2) is 16.1 Å². The molecule has 1 heterocycles. The highest BCUT2D eigenvalue weighted by Crippen LogP contribution is 2.22. The number of ether oxygens (including phenoxy) is 1. The van der Waals surface area contributed by atoms with Gasteiger partial charge in [0.15, 0.2) is 0 Å². The minimum absolute atomic E-state index is 0.170. The summed E-state index contributed by atoms with van der Waals surface area (Å²) >= 11 is 0. The Morgan fingerprint density at radius 3 is 2.61 bits per heavy atom. The number of aromatic nitrogens is 1. The number of benzene rings is 1. The number of hydrogen-bond donors (Lipinski definition) is 1. The van der Waals surface area contributed by atoms with Gasteiger partial charge in [-0.05, 0) is 36.4 Å². The Kier molecular flexibility index (Phi) is 3.21. The van der Waals surface area contributed by atoms with Crippen LogP contribution in [-0.2, 0) is 0 Å². The van der Waals surface area contributed by atoms with Crippen LogP contribution < -0.4 is 4.74 Å². The average Bonchev–Trinajstić information content (AvgIpc) is 2.40. The third-order valence-corrected chi connectivity index (χ3v) is 2.21. The summed E-state index contributed by atoms with van der Waals surface area (Å²) in [4.78, 5) is 14.6. The van der Waals surface area contributed by atoms with Crippen LogP contribution in [0.1, 0.15) is 15.9 Å². The molecule has 0 fully saturated rings. The fraction of sp³-hybridized carbons (Fsp3) is 0. The van der Waals surface area contributed by atoms with Gasteiger partial charge in [0.2, 0.25) is 5.88 Å². The number of hydrogen-bond acceptors (Lipinski definition) is 4. The normalized spacial score (nSPS) is 9.50. The maximum atomic E-state index is 10.7. The molecule has 0 aliphatic heterocycles. The average molecular weight is 240 g/mol. The summed E-state index contributed by atoms with van der Waals surface area (Å²) < 4.78 is 5.41. The molecule has 0 aliphatic rings. The summed E-state index contributed by atoms with van der Waals surface area (Å²) in [6.07, 6.45) is 1.52. The first-order valence-electron chi connectivity index (χ1n) is 5.07. The van der Waals surface area contributed by atoms with Crippen LogP contribution in [0.2, 0.25) is 0 Å². The van der Waals surface area contributed by atoms with Gasteiger partial charge in [-0.1, -0.05) is 0 Å². The van der Waals surface area contributed by atoms with Crippen molar-refractivity contribution in [2.45, 2.75) is 0 Å². The number of pyridine rings is 1. The van der Waals surface area contributed by atoms with E-state index >= 15 is 0 Å². The van der Waals surface area contributed by atoms with E-state index in [0.717, 1.165) is 0 Å². The zero-order chi connectivity index (χ0) is 13.0. The predicted molar refractivity (Wildman–Crippen MR) is 62.4 cm³/mol. The monoisotopic (exact) mass is 240 g/mol. The Morgan fingerprint density at radius 2 is 2.00 bits per heavy atom. The van der Waals surface area contributed by atoms with Gasteiger partial charge in [-0.25, -0.2) is 9.78 Å². The summed E-state index contributed by atoms with van der Waals surface area (Å²) in [5.41, 5.74) is 0.490. The van der Waals surface area contributed by atoms with Crippen LogP contribution in [0.15, 0.2) is 42.6 Å². The van der Waals surface area contributed by atoms with Gasteiger partial charge in [0, 0.05) is 6.20 Å². The van der Waals surface area contributed by atoms with E-state index in [1.807, 2.05) is 6.07 Å². The number of nitriles is 1. The van der Waals surface area contributed by atoms with E-state index in [4.69, 9.17) is 15.1 Å². The lowest BCUT2D eigenvalue weighted by molar-refractivity contribution is 0.0697. The largest absolute Gasteiger partial charge is 0.478 e. The van der Waals surface area contributed by atoms with E-state index in [2.05, 4.69) is 4.98 Å². The third kappa shape index (κ3) is 2.44. The molecular weight excluding hydrogens is 232 g/mol. The summed E-state index contributed by atoms with van der Waals surface area (Å²) in [5.74, 6) is -0.379. The summed E-state index contributed by atoms with van der Waals surface area (Å²) in [7, 11) is 0. The molecule has 18 heavy (non-hydrogen) atoms. The molecule has 0 amide bonds. The van der Waals surface area contributed by atoms with Crippen LogP contribution in [0.4, 0.5) is 0 Å². The molecule has 0 saturated carbocycles. The first kappa shape index (κ1) is 11.6. The fourth-order valence-electron chi connectivity index (χ4n) is 1.33. The van der Waals surface area contributed by atoms with Gasteiger partial charge in [-0.15, -0.1) is 0 Å². The number of carboxylic acid groups (broad SMARTS) is 1. The van der Waals surface area contributed by atoms with Gasteiger partial charge in [-0.2, -0.15) is 5.26 Å². The van der Waals surface area contributed by atoms with Crippen LogP contribution in [0, 0.1) is 11.3 Å². The van der Waals surface area contributed by atoms with Gasteiger partial charge in [0.1, 0.15) is 17.4 Å². The van der Waals surface area contributed by atoms with Crippen molar-refractivity contribution in [2.24, 2.45) is 0 Å². The standard InChI is InChI=1S/C13H8N2O3/c14-8-10-2-1-7-15-12(10)18-11-5-3-9(4-6-11)13(16)17/h1-7H,(H,16,17). The zero-order valence-electron chi connectivity index (χ0n) is 9.20. The van der Waals surface area contributed by atoms with Crippen LogP contribution in [0.25, 0.3) is 0 Å². The molecule has 5 heteroatoms. The van der Waals surface area contributed by atoms with Crippen molar-refractivity contribution in [3.05, 3.63) is 53.7 Å². The second-order valence-electron chi connectivity index (χ2n) is 3.40. The molecule has 1 aromatic heterocycles. The highest BCUT2D eigenvalue weighted by atomic mass is 16.5. The topological polar surface area (TPSA) is 83.2 Å². The van der Waals surface area contributed by atoms with Gasteiger partial charge >= 0.3 is 5.97 Å². The number of rotatable bonds is 3. The fourth-order valence-corrected chi connectivity index (χ4v) is 1.33. The second kappa shape index (κ2) is 4.97. The molecule has 0 bridgehead atoms. The lowest BCUT2D eigenvalue weighted by atomic mass is 10.2. The Balaban J connectivity index is 2.24. The van der Waals surface area contributed by atoms with Crippen molar-refractivity contribution < 1.29 is 14.6 Å². The highest BCUT2D eigenvalue weighted by molar-refractivity contribution is 5.87. The Bertz CT molecular complexity index is 615. The van der Waals surface area contributed by atoms with Gasteiger partial charge in [0.25, 0.3) is 0 Å². The van der Waals surface area contributed by atoms with E-state index < -0.39 is 5.97 Å². The van der Waals surface area contributed by atoms with E-state index in [1.165, 1.54) is 30.5 Å². The molecule has 1 N–H and O–H groups in total. The van der Waals surface area contributed by atoms with Crippen LogP contribution in [0.5, 0.6) is 11.6 Å². The van der Waals surface area contributed by atoms with Gasteiger partial charge in [0.05, 0.1) is 5.56 Å². The molecule has 0 aliphatic carbocycles. The number of aromatic carboxylic acids is 1. The second-order valence-corrected chi connectivity index (χ2v) is 3.40. The molecule has 88 valence electrons. The Morgan fingerprint density at radius 1 is 1.28 bits per heavy atom. The quantitative estimate of drug-likeness (QED) is 0.890. The number of nitrogens with zero attached hydrogens (tertiary/aromatic N) is 2. The first-order valence-corrected chi connectivity index (χ1v) is 5.07. The van der Waals surface area contributed by atoms with Crippen molar-refractivity contribution in [3.63, 3.8) is 0 Å². The molecule has 0 spiro atoms. The molecule has 0 radical (unpaired) electrons. The Hall–Kier alpha value is -2.87. The van der Waals surface area contributed by atoms with Crippen molar-refractivity contribution in [1.29, 1.82) is 5.26 Å². The molecule has 0 unspecified atom stereocenters. The molecule has 5 nitrogen and oxygen atoms in total.